The van der Waals surface area contributed by atoms with Gasteiger partial charge in [0.2, 0.25) is 5.91 Å². The number of nitrogens with two attached hydrogens (primary N) is 1. The number of nitrogens with zero attached hydrogens (tertiary/aromatic N) is 2. The Kier molecular flexibility index (Phi) is 9.25. The van der Waals surface area contributed by atoms with Gasteiger partial charge in [0, 0.05) is 24.7 Å². The minimum Gasteiger partial charge on any atom is -1.00 e. The summed E-state index contributed by atoms with van der Waals surface area (Å²) >= 11 is 0. The van der Waals surface area contributed by atoms with Crippen LogP contribution in [0.15, 0.2) is 18.2 Å². The number of aryl methyl sites for hydroxylation is 1. The number of halogens is 1. The van der Waals surface area contributed by atoms with Gasteiger partial charge in [0.15, 0.2) is 0 Å². The summed E-state index contributed by atoms with van der Waals surface area (Å²) in [6, 6.07) is 6.38. The van der Waals surface area contributed by atoms with E-state index in [1.807, 2.05) is 24.9 Å². The summed E-state index contributed by atoms with van der Waals surface area (Å²) in [6.45, 7) is 9.99. The molecule has 1 unspecified atom stereocenters. The first-order valence-corrected chi connectivity index (χ1v) is 8.29. The van der Waals surface area contributed by atoms with Gasteiger partial charge >= 0.3 is 0 Å². The van der Waals surface area contributed by atoms with Gasteiger partial charge in [0.1, 0.15) is 6.54 Å². The third-order valence-corrected chi connectivity index (χ3v) is 4.51. The summed E-state index contributed by atoms with van der Waals surface area (Å²) < 4.78 is 0.911. The monoisotopic (exact) mass is 341 g/mol. The van der Waals surface area contributed by atoms with E-state index in [1.54, 1.807) is 0 Å². The van der Waals surface area contributed by atoms with Crippen molar-refractivity contribution >= 4 is 11.6 Å². The molecule has 1 rings (SSSR count). The molecule has 1 aromatic carbocycles. The number of hydrogen-bond acceptors (Lipinski definition) is 2. The Morgan fingerprint density at radius 1 is 1.17 bits per heavy atom. The molecule has 23 heavy (non-hydrogen) atoms. The molecule has 0 heterocycles. The smallest absolute Gasteiger partial charge is 0.222 e. The van der Waals surface area contributed by atoms with Crippen molar-refractivity contribution in [3.63, 3.8) is 0 Å². The lowest BCUT2D eigenvalue weighted by molar-refractivity contribution is -0.920. The Balaban J connectivity index is 0.00000484. The fraction of sp³-hybridized carbons (Fsp3) is 0.611. The van der Waals surface area contributed by atoms with Crippen LogP contribution in [0.25, 0.3) is 0 Å². The van der Waals surface area contributed by atoms with E-state index >= 15 is 0 Å². The van der Waals surface area contributed by atoms with Crippen LogP contribution in [0.2, 0.25) is 0 Å². The van der Waals surface area contributed by atoms with Crippen LogP contribution in [0, 0.1) is 0 Å². The van der Waals surface area contributed by atoms with Gasteiger partial charge in [-0.3, -0.25) is 4.79 Å². The average Bonchev–Trinajstić information content (AvgIpc) is 2.51. The summed E-state index contributed by atoms with van der Waals surface area (Å²) in [5.41, 5.74) is 9.43. The highest BCUT2D eigenvalue weighted by molar-refractivity contribution is 5.75. The zero-order valence-electron chi connectivity index (χ0n) is 15.2. The molecule has 0 fully saturated rings. The third-order valence-electron chi connectivity index (χ3n) is 4.51. The molecule has 1 amide bonds. The number of benzene rings is 1. The molecule has 0 aromatic heterocycles. The van der Waals surface area contributed by atoms with Gasteiger partial charge in [-0.05, 0) is 31.0 Å². The zero-order chi connectivity index (χ0) is 16.8. The van der Waals surface area contributed by atoms with Crippen LogP contribution in [0.5, 0.6) is 0 Å². The van der Waals surface area contributed by atoms with Crippen molar-refractivity contribution in [3.8, 4) is 0 Å². The van der Waals surface area contributed by atoms with E-state index in [2.05, 4.69) is 33.0 Å². The first-order chi connectivity index (χ1) is 10.3. The van der Waals surface area contributed by atoms with Gasteiger partial charge in [0.05, 0.1) is 26.7 Å². The quantitative estimate of drug-likeness (QED) is 0.520. The highest BCUT2D eigenvalue weighted by Gasteiger charge is 2.21. The molecule has 4 nitrogen and oxygen atoms in total. The Hall–Kier alpha value is -1.26. The van der Waals surface area contributed by atoms with E-state index in [4.69, 9.17) is 5.73 Å². The third kappa shape index (κ3) is 6.80. The number of nitrogen functional groups attached to an aromatic ring is 1. The molecular formula is C18H32ClN3O. The molecule has 1 aromatic rings. The number of quaternary nitrogens is 1. The SMILES string of the molecule is CCC(=O)N(C)CC[N+](C)(CC)Cc1cc(N)cc(CC)c1.[Cl-]. The molecular weight excluding hydrogens is 310 g/mol. The molecule has 0 spiro atoms. The van der Waals surface area contributed by atoms with Crippen LogP contribution in [0.4, 0.5) is 5.69 Å². The Labute approximate surface area is 147 Å². The van der Waals surface area contributed by atoms with Crippen LogP contribution < -0.4 is 18.1 Å². The number of likely N-dealkylation sites (N-methyl/N-ethyl adjacent to an activating group) is 2. The topological polar surface area (TPSA) is 46.3 Å². The first kappa shape index (κ1) is 21.7. The second-order valence-corrected chi connectivity index (χ2v) is 6.42. The number of rotatable bonds is 8. The lowest BCUT2D eigenvalue weighted by Gasteiger charge is -2.35. The van der Waals surface area contributed by atoms with E-state index in [1.165, 1.54) is 11.1 Å². The van der Waals surface area contributed by atoms with Crippen molar-refractivity contribution < 1.29 is 21.7 Å². The van der Waals surface area contributed by atoms with Gasteiger partial charge in [-0.1, -0.05) is 19.9 Å². The highest BCUT2D eigenvalue weighted by atomic mass is 35.5. The molecule has 0 aliphatic rings. The Morgan fingerprint density at radius 2 is 1.78 bits per heavy atom. The van der Waals surface area contributed by atoms with E-state index in [9.17, 15) is 4.79 Å². The van der Waals surface area contributed by atoms with Gasteiger partial charge in [-0.2, -0.15) is 0 Å². The van der Waals surface area contributed by atoms with E-state index < -0.39 is 0 Å². The minimum atomic E-state index is 0. The van der Waals surface area contributed by atoms with E-state index in [-0.39, 0.29) is 18.3 Å². The number of amides is 1. The van der Waals surface area contributed by atoms with Gasteiger partial charge < -0.3 is 27.5 Å². The van der Waals surface area contributed by atoms with Crippen LogP contribution in [-0.2, 0) is 17.8 Å². The standard InChI is InChI=1S/C18H32N3O.ClH/c1-6-15-11-16(13-17(19)12-15)14-21(5,8-3)10-9-20(4)18(22)7-2;/h11-13H,6-10,14,19H2,1-5H3;1H/q+1;/p-1. The van der Waals surface area contributed by atoms with Gasteiger partial charge in [-0.15, -0.1) is 0 Å². The van der Waals surface area contributed by atoms with Crippen LogP contribution in [0.1, 0.15) is 38.3 Å². The predicted octanol–water partition coefficient (Wildman–Crippen LogP) is -0.330. The Morgan fingerprint density at radius 3 is 2.30 bits per heavy atom. The fourth-order valence-corrected chi connectivity index (χ4v) is 2.66. The van der Waals surface area contributed by atoms with Crippen molar-refractivity contribution in [2.75, 3.05) is 39.5 Å². The normalized spacial score (nSPS) is 13.1. The summed E-state index contributed by atoms with van der Waals surface area (Å²) in [7, 11) is 4.14. The fourth-order valence-electron chi connectivity index (χ4n) is 2.66. The maximum atomic E-state index is 11.7. The van der Waals surface area contributed by atoms with Crippen LogP contribution in [0.3, 0.4) is 0 Å². The lowest BCUT2D eigenvalue weighted by atomic mass is 10.1. The molecule has 0 aliphatic carbocycles. The van der Waals surface area contributed by atoms with Crippen LogP contribution in [-0.4, -0.2) is 49.0 Å². The van der Waals surface area contributed by atoms with E-state index in [0.717, 1.165) is 42.8 Å². The maximum Gasteiger partial charge on any atom is 0.222 e. The first-order valence-electron chi connectivity index (χ1n) is 8.29. The second-order valence-electron chi connectivity index (χ2n) is 6.42. The molecule has 0 aliphatic heterocycles. The number of hydrogen-bond donors (Lipinski definition) is 1. The van der Waals surface area contributed by atoms with Crippen molar-refractivity contribution in [2.24, 2.45) is 0 Å². The molecule has 0 bridgehead atoms. The maximum absolute atomic E-state index is 11.7. The van der Waals surface area contributed by atoms with Crippen LogP contribution >= 0.6 is 0 Å². The van der Waals surface area contributed by atoms with Gasteiger partial charge in [0.25, 0.3) is 0 Å². The van der Waals surface area contributed by atoms with Crippen molar-refractivity contribution in [1.82, 2.24) is 4.90 Å². The number of anilines is 1. The van der Waals surface area contributed by atoms with Gasteiger partial charge in [-0.25, -0.2) is 0 Å². The molecule has 0 saturated heterocycles. The largest absolute Gasteiger partial charge is 1.00 e. The summed E-state index contributed by atoms with van der Waals surface area (Å²) in [5.74, 6) is 0.208. The molecule has 2 N–H and O–H groups in total. The zero-order valence-corrected chi connectivity index (χ0v) is 16.0. The molecule has 0 saturated carbocycles. The van der Waals surface area contributed by atoms with E-state index in [0.29, 0.717) is 6.42 Å². The van der Waals surface area contributed by atoms with Crippen molar-refractivity contribution in [3.05, 3.63) is 29.3 Å². The number of carbonyl (C=O) groups is 1. The summed E-state index contributed by atoms with van der Waals surface area (Å²) in [6.07, 6.45) is 1.57. The predicted molar refractivity (Wildman–Crippen MR) is 93.5 cm³/mol. The average molecular weight is 342 g/mol. The molecule has 5 heteroatoms. The number of carbonyl (C=O) groups excluding carboxylic acids is 1. The van der Waals surface area contributed by atoms with Crippen molar-refractivity contribution in [2.45, 2.75) is 40.2 Å². The molecule has 0 radical (unpaired) electrons. The summed E-state index contributed by atoms with van der Waals surface area (Å²) in [5, 5.41) is 0. The minimum absolute atomic E-state index is 0. The van der Waals surface area contributed by atoms with Crippen molar-refractivity contribution in [1.29, 1.82) is 0 Å². The highest BCUT2D eigenvalue weighted by Crippen LogP contribution is 2.18. The second kappa shape index (κ2) is 9.78. The summed E-state index contributed by atoms with van der Waals surface area (Å²) in [4.78, 5) is 13.5. The molecule has 132 valence electrons. The Bertz CT molecular complexity index is 507. The lowest BCUT2D eigenvalue weighted by Crippen LogP contribution is -3.00. The molecule has 1 atom stereocenters.